The number of rotatable bonds is 4. The number of hydrogen-bond acceptors (Lipinski definition) is 4. The highest BCUT2D eigenvalue weighted by molar-refractivity contribution is 7.92. The molecule has 0 aliphatic carbocycles. The lowest BCUT2D eigenvalue weighted by Gasteiger charge is -2.20. The Morgan fingerprint density at radius 3 is 2.65 bits per heavy atom. The van der Waals surface area contributed by atoms with Crippen LogP contribution in [0.3, 0.4) is 0 Å². The summed E-state index contributed by atoms with van der Waals surface area (Å²) in [6, 6.07) is 11.5. The van der Waals surface area contributed by atoms with Gasteiger partial charge in [0.2, 0.25) is 0 Å². The van der Waals surface area contributed by atoms with E-state index in [4.69, 9.17) is 4.74 Å². The first-order chi connectivity index (χ1) is 10.9. The van der Waals surface area contributed by atoms with Gasteiger partial charge in [-0.25, -0.2) is 8.42 Å². The number of methoxy groups -OCH3 is 1. The molecule has 0 fully saturated rings. The monoisotopic (exact) mass is 331 g/mol. The van der Waals surface area contributed by atoms with Crippen LogP contribution in [0.5, 0.6) is 5.75 Å². The number of ether oxygens (including phenoxy) is 1. The van der Waals surface area contributed by atoms with Crippen LogP contribution in [0.15, 0.2) is 47.4 Å². The summed E-state index contributed by atoms with van der Waals surface area (Å²) < 4.78 is 32.4. The van der Waals surface area contributed by atoms with E-state index in [9.17, 15) is 13.2 Å². The molecule has 2 aromatic rings. The predicted molar refractivity (Wildman–Crippen MR) is 87.7 cm³/mol. The maximum absolute atomic E-state index is 12.9. The SMILES string of the molecule is COc1ccc2c(c1)CCN2S(=O)(=O)c1cccc(C(C)=O)c1. The summed E-state index contributed by atoms with van der Waals surface area (Å²) in [7, 11) is -2.11. The van der Waals surface area contributed by atoms with Gasteiger partial charge in [0.25, 0.3) is 10.0 Å². The van der Waals surface area contributed by atoms with Gasteiger partial charge in [-0.3, -0.25) is 9.10 Å². The summed E-state index contributed by atoms with van der Waals surface area (Å²) in [6.07, 6.45) is 0.637. The quantitative estimate of drug-likeness (QED) is 0.808. The summed E-state index contributed by atoms with van der Waals surface area (Å²) in [4.78, 5) is 11.6. The minimum absolute atomic E-state index is 0.133. The van der Waals surface area contributed by atoms with Gasteiger partial charge >= 0.3 is 0 Å². The van der Waals surface area contributed by atoms with Crippen LogP contribution in [0, 0.1) is 0 Å². The summed E-state index contributed by atoms with van der Waals surface area (Å²) in [5.74, 6) is 0.551. The molecule has 0 saturated heterocycles. The van der Waals surface area contributed by atoms with Crippen LogP contribution in [0.2, 0.25) is 0 Å². The zero-order chi connectivity index (χ0) is 16.6. The van der Waals surface area contributed by atoms with Gasteiger partial charge < -0.3 is 4.74 Å². The van der Waals surface area contributed by atoms with E-state index in [1.165, 1.54) is 23.4 Å². The molecule has 0 spiro atoms. The fourth-order valence-corrected chi connectivity index (χ4v) is 4.28. The lowest BCUT2D eigenvalue weighted by atomic mass is 10.1. The van der Waals surface area contributed by atoms with Crippen LogP contribution < -0.4 is 9.04 Å². The number of sulfonamides is 1. The number of ketones is 1. The highest BCUT2D eigenvalue weighted by Gasteiger charge is 2.31. The molecule has 0 radical (unpaired) electrons. The van der Waals surface area contributed by atoms with E-state index >= 15 is 0 Å². The van der Waals surface area contributed by atoms with E-state index < -0.39 is 10.0 Å². The third kappa shape index (κ3) is 2.70. The third-order valence-electron chi connectivity index (χ3n) is 3.97. The molecule has 120 valence electrons. The molecule has 1 aliphatic rings. The average Bonchev–Trinajstić information content (AvgIpc) is 2.98. The van der Waals surface area contributed by atoms with Crippen LogP contribution in [0.25, 0.3) is 0 Å². The van der Waals surface area contributed by atoms with Gasteiger partial charge in [-0.05, 0) is 49.2 Å². The van der Waals surface area contributed by atoms with Gasteiger partial charge in [-0.15, -0.1) is 0 Å². The van der Waals surface area contributed by atoms with E-state index in [2.05, 4.69) is 0 Å². The first-order valence-electron chi connectivity index (χ1n) is 7.24. The second-order valence-electron chi connectivity index (χ2n) is 5.41. The molecule has 0 bridgehead atoms. The number of carbonyl (C=O) groups is 1. The lowest BCUT2D eigenvalue weighted by Crippen LogP contribution is -2.29. The van der Waals surface area contributed by atoms with Crippen LogP contribution in [0.1, 0.15) is 22.8 Å². The number of hydrogen-bond donors (Lipinski definition) is 0. The van der Waals surface area contributed by atoms with Crippen LogP contribution in [-0.2, 0) is 16.4 Å². The summed E-state index contributed by atoms with van der Waals surface area (Å²) >= 11 is 0. The van der Waals surface area contributed by atoms with Crippen molar-refractivity contribution < 1.29 is 17.9 Å². The molecule has 3 rings (SSSR count). The van der Waals surface area contributed by atoms with Gasteiger partial charge in [0.1, 0.15) is 5.75 Å². The summed E-state index contributed by atoms with van der Waals surface area (Å²) in [5.41, 5.74) is 2.00. The van der Waals surface area contributed by atoms with Crippen molar-refractivity contribution >= 4 is 21.5 Å². The number of Topliss-reactive ketones (excluding diaryl/α,β-unsaturated/α-hetero) is 1. The fraction of sp³-hybridized carbons (Fsp3) is 0.235. The molecule has 23 heavy (non-hydrogen) atoms. The van der Waals surface area contributed by atoms with Crippen molar-refractivity contribution in [2.75, 3.05) is 18.0 Å². The van der Waals surface area contributed by atoms with E-state index in [1.807, 2.05) is 6.07 Å². The first-order valence-corrected chi connectivity index (χ1v) is 8.68. The number of nitrogens with zero attached hydrogens (tertiary/aromatic N) is 1. The number of benzene rings is 2. The molecule has 0 saturated carbocycles. The molecule has 1 aliphatic heterocycles. The molecule has 5 nitrogen and oxygen atoms in total. The Morgan fingerprint density at radius 2 is 1.96 bits per heavy atom. The molecule has 6 heteroatoms. The zero-order valence-corrected chi connectivity index (χ0v) is 13.8. The van der Waals surface area contributed by atoms with Crippen LogP contribution >= 0.6 is 0 Å². The molecule has 2 aromatic carbocycles. The second-order valence-corrected chi connectivity index (χ2v) is 7.27. The minimum Gasteiger partial charge on any atom is -0.497 e. The van der Waals surface area contributed by atoms with Gasteiger partial charge in [0.05, 0.1) is 17.7 Å². The zero-order valence-electron chi connectivity index (χ0n) is 12.9. The maximum atomic E-state index is 12.9. The smallest absolute Gasteiger partial charge is 0.264 e. The van der Waals surface area contributed by atoms with Crippen LogP contribution in [0.4, 0.5) is 5.69 Å². The van der Waals surface area contributed by atoms with Gasteiger partial charge in [-0.1, -0.05) is 12.1 Å². The van der Waals surface area contributed by atoms with Crippen molar-refractivity contribution in [1.82, 2.24) is 0 Å². The highest BCUT2D eigenvalue weighted by Crippen LogP contribution is 2.35. The van der Waals surface area contributed by atoms with E-state index in [1.54, 1.807) is 31.4 Å². The fourth-order valence-electron chi connectivity index (χ4n) is 2.73. The largest absolute Gasteiger partial charge is 0.497 e. The van der Waals surface area contributed by atoms with Crippen molar-refractivity contribution in [2.45, 2.75) is 18.2 Å². The molecular formula is C17H17NO4S. The Morgan fingerprint density at radius 1 is 1.17 bits per heavy atom. The minimum atomic E-state index is -3.69. The number of fused-ring (bicyclic) bond motifs is 1. The van der Waals surface area contributed by atoms with Crippen LogP contribution in [-0.4, -0.2) is 27.9 Å². The van der Waals surface area contributed by atoms with Crippen molar-refractivity contribution in [2.24, 2.45) is 0 Å². The van der Waals surface area contributed by atoms with Gasteiger partial charge in [0, 0.05) is 12.1 Å². The summed E-state index contributed by atoms with van der Waals surface area (Å²) in [6.45, 7) is 1.80. The third-order valence-corrected chi connectivity index (χ3v) is 5.78. The lowest BCUT2D eigenvalue weighted by molar-refractivity contribution is 0.101. The summed E-state index contributed by atoms with van der Waals surface area (Å²) in [5, 5.41) is 0. The van der Waals surface area contributed by atoms with Gasteiger partial charge in [-0.2, -0.15) is 0 Å². The van der Waals surface area contributed by atoms with E-state index in [-0.39, 0.29) is 10.7 Å². The molecule has 0 unspecified atom stereocenters. The highest BCUT2D eigenvalue weighted by atomic mass is 32.2. The molecule has 0 aromatic heterocycles. The average molecular weight is 331 g/mol. The first kappa shape index (κ1) is 15.6. The van der Waals surface area contributed by atoms with E-state index in [0.717, 1.165) is 5.56 Å². The Kier molecular flexibility index (Phi) is 3.85. The molecule has 0 atom stereocenters. The molecule has 0 N–H and O–H groups in total. The number of carbonyl (C=O) groups excluding carboxylic acids is 1. The Labute approximate surface area is 135 Å². The van der Waals surface area contributed by atoms with Gasteiger partial charge in [0.15, 0.2) is 5.78 Å². The van der Waals surface area contributed by atoms with Crippen molar-refractivity contribution in [3.05, 3.63) is 53.6 Å². The Hall–Kier alpha value is -2.34. The Balaban J connectivity index is 2.03. The van der Waals surface area contributed by atoms with Crippen molar-refractivity contribution in [3.63, 3.8) is 0 Å². The molecule has 0 amide bonds. The van der Waals surface area contributed by atoms with Crippen molar-refractivity contribution in [1.29, 1.82) is 0 Å². The second kappa shape index (κ2) is 5.70. The predicted octanol–water partition coefficient (Wildman–Crippen LogP) is 2.65. The Bertz CT molecular complexity index is 874. The molecule has 1 heterocycles. The molecular weight excluding hydrogens is 314 g/mol. The number of anilines is 1. The van der Waals surface area contributed by atoms with Crippen molar-refractivity contribution in [3.8, 4) is 5.75 Å². The normalized spacial score (nSPS) is 13.7. The van der Waals surface area contributed by atoms with E-state index in [0.29, 0.717) is 30.0 Å². The standard InChI is InChI=1S/C17H17NO4S/c1-12(19)13-4-3-5-16(11-13)23(20,21)18-9-8-14-10-15(22-2)6-7-17(14)18/h3-7,10-11H,8-9H2,1-2H3. The topological polar surface area (TPSA) is 63.7 Å². The maximum Gasteiger partial charge on any atom is 0.264 e.